The Morgan fingerprint density at radius 2 is 1.05 bits per heavy atom. The summed E-state index contributed by atoms with van der Waals surface area (Å²) in [6, 6.07) is 57.4. The molecular weight excluding hydrogens is 904 g/mol. The number of ether oxygens (including phenoxy) is 2. The van der Waals surface area contributed by atoms with Gasteiger partial charge in [-0.2, -0.15) is 0 Å². The van der Waals surface area contributed by atoms with Gasteiger partial charge in [-0.25, -0.2) is 0 Å². The van der Waals surface area contributed by atoms with Crippen molar-refractivity contribution in [3.8, 4) is 50.9 Å². The fraction of sp³-hybridized carbons (Fsp3) is 0.294. The third-order valence-corrected chi connectivity index (χ3v) is 21.1. The molecule has 2 aromatic heterocycles. The molecule has 8 saturated carbocycles. The maximum absolute atomic E-state index is 7.30. The van der Waals surface area contributed by atoms with Gasteiger partial charge in [-0.05, 0) is 223 Å². The van der Waals surface area contributed by atoms with Crippen molar-refractivity contribution in [3.63, 3.8) is 0 Å². The van der Waals surface area contributed by atoms with Gasteiger partial charge < -0.3 is 23.3 Å². The Balaban J connectivity index is 0.941. The maximum Gasteiger partial charge on any atom is 0.333 e. The molecule has 0 atom stereocenters. The van der Waals surface area contributed by atoms with Gasteiger partial charge in [0.2, 0.25) is 0 Å². The Morgan fingerprint density at radius 3 is 1.74 bits per heavy atom. The molecule has 0 spiro atoms. The van der Waals surface area contributed by atoms with Gasteiger partial charge in [0, 0.05) is 44.5 Å². The van der Waals surface area contributed by atoms with Crippen molar-refractivity contribution in [1.29, 1.82) is 0 Å². The number of hydrogen-bond donors (Lipinski definition) is 0. The number of furan rings is 1. The molecule has 3 aliphatic heterocycles. The highest BCUT2D eigenvalue weighted by atomic mass is 16.6. The van der Waals surface area contributed by atoms with Crippen LogP contribution in [-0.4, -0.2) is 11.4 Å². The predicted octanol–water partition coefficient (Wildman–Crippen LogP) is 16.4. The standard InChI is InChI=1S/C68H55BN2O3/c1-2-8-44(9-3-1)45-14-17-48(18-15-45)71-57-31-62-61(72-59-12-6-7-13-60(59)73-62)30-51(57)52-29-54-49-10-4-5-11-58(49)74-66(54)65-63(52)69(71)55-28-47(68-35-41-23-42(36-68)25-43(24-41)37-68)27-53-50-26-46(16-19-56(50)70(65)64(53)55)67-32-38-20-39(33-67)22-40(21-38)34-67/h1-19,26-31,38-43H,20-25,32-37H2. The summed E-state index contributed by atoms with van der Waals surface area (Å²) in [5.74, 6) is 8.11. The molecular formula is C68H55BN2O3. The summed E-state index contributed by atoms with van der Waals surface area (Å²) in [4.78, 5) is 2.68. The van der Waals surface area contributed by atoms with Crippen molar-refractivity contribution in [2.45, 2.75) is 87.9 Å². The van der Waals surface area contributed by atoms with Gasteiger partial charge in [-0.3, -0.25) is 0 Å². The van der Waals surface area contributed by atoms with Gasteiger partial charge in [-0.1, -0.05) is 84.9 Å². The smallest absolute Gasteiger partial charge is 0.333 e. The first-order valence-electron chi connectivity index (χ1n) is 28.2. The van der Waals surface area contributed by atoms with Crippen molar-refractivity contribution in [2.24, 2.45) is 35.5 Å². The first-order chi connectivity index (χ1) is 36.5. The van der Waals surface area contributed by atoms with Crippen LogP contribution in [0.1, 0.15) is 88.2 Å². The van der Waals surface area contributed by atoms with Gasteiger partial charge in [-0.15, -0.1) is 0 Å². The summed E-state index contributed by atoms with van der Waals surface area (Å²) < 4.78 is 23.7. The number of fused-ring (bicyclic) bond motifs is 13. The number of hydrogen-bond acceptors (Lipinski definition) is 4. The fourth-order valence-electron chi connectivity index (χ4n) is 19.0. The normalized spacial score (nSPS) is 27.9. The Hall–Kier alpha value is -7.18. The summed E-state index contributed by atoms with van der Waals surface area (Å²) in [5, 5.41) is 5.14. The number of nitrogens with zero attached hydrogens (tertiary/aromatic N) is 2. The maximum atomic E-state index is 7.30. The monoisotopic (exact) mass is 958 g/mol. The van der Waals surface area contributed by atoms with Crippen molar-refractivity contribution in [1.82, 2.24) is 4.57 Å². The molecule has 8 aliphatic carbocycles. The van der Waals surface area contributed by atoms with Crippen LogP contribution in [-0.2, 0) is 10.8 Å². The Labute approximate surface area is 431 Å². The molecule has 0 amide bonds. The molecule has 358 valence electrons. The lowest BCUT2D eigenvalue weighted by Gasteiger charge is -2.57. The van der Waals surface area contributed by atoms with Gasteiger partial charge >= 0.3 is 6.85 Å². The molecule has 0 saturated heterocycles. The van der Waals surface area contributed by atoms with Gasteiger partial charge in [0.25, 0.3) is 0 Å². The topological polar surface area (TPSA) is 39.8 Å². The van der Waals surface area contributed by atoms with Crippen LogP contribution in [0.3, 0.4) is 0 Å². The zero-order chi connectivity index (χ0) is 47.8. The third-order valence-electron chi connectivity index (χ3n) is 21.1. The van der Waals surface area contributed by atoms with Crippen LogP contribution in [0.5, 0.6) is 23.0 Å². The number of benzene rings is 8. The van der Waals surface area contributed by atoms with Gasteiger partial charge in [0.1, 0.15) is 5.58 Å². The molecule has 0 radical (unpaired) electrons. The Bertz CT molecular complexity index is 4060. The number of anilines is 2. The largest absolute Gasteiger partial charge is 0.454 e. The highest BCUT2D eigenvalue weighted by molar-refractivity contribution is 6.94. The summed E-state index contributed by atoms with van der Waals surface area (Å²) in [5.41, 5.74) is 19.1. The first-order valence-corrected chi connectivity index (χ1v) is 28.2. The van der Waals surface area contributed by atoms with Crippen molar-refractivity contribution in [3.05, 3.63) is 163 Å². The summed E-state index contributed by atoms with van der Waals surface area (Å²) in [6.45, 7) is -0.168. The van der Waals surface area contributed by atoms with Crippen LogP contribution in [0.4, 0.5) is 11.4 Å². The molecule has 74 heavy (non-hydrogen) atoms. The van der Waals surface area contributed by atoms with E-state index in [4.69, 9.17) is 13.9 Å². The first kappa shape index (κ1) is 40.2. The Kier molecular flexibility index (Phi) is 7.59. The van der Waals surface area contributed by atoms with E-state index in [1.54, 1.807) is 11.1 Å². The van der Waals surface area contributed by atoms with E-state index in [0.717, 1.165) is 97.4 Å². The zero-order valence-electron chi connectivity index (χ0n) is 41.6. The van der Waals surface area contributed by atoms with E-state index in [9.17, 15) is 0 Å². The summed E-state index contributed by atoms with van der Waals surface area (Å²) in [6.07, 6.45) is 16.7. The molecule has 8 fully saturated rings. The van der Waals surface area contributed by atoms with Crippen LogP contribution in [0, 0.1) is 35.5 Å². The van der Waals surface area contributed by atoms with Gasteiger partial charge in [0.15, 0.2) is 28.6 Å². The third kappa shape index (κ3) is 5.27. The molecule has 6 heteroatoms. The van der Waals surface area contributed by atoms with Crippen LogP contribution >= 0.6 is 0 Å². The van der Waals surface area contributed by atoms with Crippen LogP contribution in [0.15, 0.2) is 156 Å². The van der Waals surface area contributed by atoms with Crippen molar-refractivity contribution >= 4 is 72.9 Å². The lowest BCUT2D eigenvalue weighted by Crippen LogP contribution is -2.61. The summed E-state index contributed by atoms with van der Waals surface area (Å²) >= 11 is 0. The molecule has 8 bridgehead atoms. The van der Waals surface area contributed by atoms with E-state index in [-0.39, 0.29) is 17.7 Å². The molecule has 0 N–H and O–H groups in total. The van der Waals surface area contributed by atoms with E-state index in [1.165, 1.54) is 132 Å². The van der Waals surface area contributed by atoms with E-state index < -0.39 is 0 Å². The average Bonchev–Trinajstić information content (AvgIpc) is 4.09. The van der Waals surface area contributed by atoms with Crippen LogP contribution < -0.4 is 25.2 Å². The lowest BCUT2D eigenvalue weighted by atomic mass is 9.42. The molecule has 5 nitrogen and oxygen atoms in total. The Morgan fingerprint density at radius 1 is 0.459 bits per heavy atom. The van der Waals surface area contributed by atoms with Crippen molar-refractivity contribution < 1.29 is 13.9 Å². The molecule has 8 aromatic carbocycles. The van der Waals surface area contributed by atoms with E-state index >= 15 is 0 Å². The SMILES string of the molecule is c1ccc(-c2ccc(N3B4c5c(cc6c(oc7ccccc76)c5-n5c6ccc(C78CC9CC(CC(C9)C7)C8)cc6c6cc(C78CC9CC(CC(C9)C7)C8)cc4c65)-c4cc5c(cc43)Oc3ccccc3O5)cc2)cc1. The highest BCUT2D eigenvalue weighted by Crippen LogP contribution is 2.63. The minimum atomic E-state index is -0.168. The minimum Gasteiger partial charge on any atom is -0.454 e. The quantitative estimate of drug-likeness (QED) is 0.165. The molecule has 21 rings (SSSR count). The molecule has 11 aliphatic rings. The van der Waals surface area contributed by atoms with E-state index in [1.807, 2.05) is 24.3 Å². The average molecular weight is 959 g/mol. The highest BCUT2D eigenvalue weighted by Gasteiger charge is 2.55. The second-order valence-electron chi connectivity index (χ2n) is 25.2. The van der Waals surface area contributed by atoms with Crippen LogP contribution in [0.2, 0.25) is 0 Å². The molecule has 10 aromatic rings. The fourth-order valence-corrected chi connectivity index (χ4v) is 19.0. The van der Waals surface area contributed by atoms with E-state index in [2.05, 4.69) is 137 Å². The van der Waals surface area contributed by atoms with Crippen LogP contribution in [0.25, 0.3) is 71.7 Å². The number of aromatic nitrogens is 1. The zero-order valence-corrected chi connectivity index (χ0v) is 41.6. The summed E-state index contributed by atoms with van der Waals surface area (Å²) in [7, 11) is 0. The number of rotatable bonds is 4. The molecule has 5 heterocycles. The minimum absolute atomic E-state index is 0.168. The number of para-hydroxylation sites is 3. The van der Waals surface area contributed by atoms with E-state index in [0.29, 0.717) is 0 Å². The van der Waals surface area contributed by atoms with Gasteiger partial charge in [0.05, 0.1) is 16.7 Å². The second kappa shape index (κ2) is 13.9. The predicted molar refractivity (Wildman–Crippen MR) is 299 cm³/mol. The van der Waals surface area contributed by atoms with Crippen molar-refractivity contribution in [2.75, 3.05) is 4.81 Å². The molecule has 0 unspecified atom stereocenters. The second-order valence-corrected chi connectivity index (χ2v) is 25.2. The lowest BCUT2D eigenvalue weighted by molar-refractivity contribution is -0.00526.